The van der Waals surface area contributed by atoms with Gasteiger partial charge in [0.1, 0.15) is 10.8 Å². The number of nitrogens with one attached hydrogen (secondary N) is 1. The number of hydrogen-bond acceptors (Lipinski definition) is 1. The maximum absolute atomic E-state index is 13.0. The number of aromatic amines is 1. The minimum atomic E-state index is -2.64. The molecule has 0 aliphatic heterocycles. The van der Waals surface area contributed by atoms with Crippen molar-refractivity contribution in [3.05, 3.63) is 44.2 Å². The molecule has 19 heavy (non-hydrogen) atoms. The number of hydrogen-bond donors (Lipinski definition) is 1. The Kier molecular flexibility index (Phi) is 3.22. The summed E-state index contributed by atoms with van der Waals surface area (Å²) in [5.41, 5.74) is 1.62. The molecule has 0 spiro atoms. The molecule has 0 aromatic carbocycles. The van der Waals surface area contributed by atoms with Gasteiger partial charge < -0.3 is 9.46 Å². The maximum atomic E-state index is 13.0. The third-order valence-electron chi connectivity index (χ3n) is 3.16. The smallest absolute Gasteiger partial charge is 0.338 e. The minimum Gasteiger partial charge on any atom is -0.338 e. The van der Waals surface area contributed by atoms with Crippen LogP contribution in [0.4, 0.5) is 8.63 Å². The Morgan fingerprint density at radius 3 is 2.53 bits per heavy atom. The van der Waals surface area contributed by atoms with E-state index in [0.29, 0.717) is 22.4 Å². The largest absolute Gasteiger partial charge is 0.677 e. The van der Waals surface area contributed by atoms with Crippen LogP contribution in [0.2, 0.25) is 0 Å². The SMILES string of the molecule is C=c1[nH]/c(=C\c2c(C)cc(C)n2B(F)F)c(=O)n1C. The van der Waals surface area contributed by atoms with Crippen LogP contribution in [0.25, 0.3) is 12.7 Å². The molecule has 0 atom stereocenters. The number of aryl methyl sites for hydroxylation is 2. The molecule has 7 heteroatoms. The highest BCUT2D eigenvalue weighted by atomic mass is 19.2. The standard InChI is InChI=1S/C12H14BF2N3O/c1-7-5-8(2)18(13(14)15)11(7)6-10-12(19)17(4)9(3)16-10/h5-6,16H,3H2,1-2,4H3/b10-6-. The normalized spacial score (nSPS) is 12.2. The molecule has 0 aliphatic carbocycles. The molecule has 0 fully saturated rings. The third-order valence-corrected chi connectivity index (χ3v) is 3.16. The summed E-state index contributed by atoms with van der Waals surface area (Å²) in [5, 5.41) is 0.246. The molecule has 2 rings (SSSR count). The summed E-state index contributed by atoms with van der Waals surface area (Å²) in [6, 6.07) is 1.66. The Balaban J connectivity index is 2.77. The van der Waals surface area contributed by atoms with E-state index < -0.39 is 7.40 Å². The molecule has 2 aromatic heterocycles. The summed E-state index contributed by atoms with van der Waals surface area (Å²) in [7, 11) is -1.07. The molecule has 0 saturated carbocycles. The van der Waals surface area contributed by atoms with Gasteiger partial charge in [-0.25, -0.2) is 0 Å². The van der Waals surface area contributed by atoms with Crippen LogP contribution < -0.4 is 16.4 Å². The van der Waals surface area contributed by atoms with Crippen LogP contribution >= 0.6 is 0 Å². The monoisotopic (exact) mass is 265 g/mol. The molecule has 1 N–H and O–H groups in total. The van der Waals surface area contributed by atoms with Crippen molar-refractivity contribution >= 4 is 20.1 Å². The number of imidazole rings is 1. The first kappa shape index (κ1) is 13.4. The minimum absolute atomic E-state index is 0.246. The Hall–Kier alpha value is -2.05. The van der Waals surface area contributed by atoms with Crippen molar-refractivity contribution < 1.29 is 8.63 Å². The summed E-state index contributed by atoms with van der Waals surface area (Å²) in [6.07, 6.45) is 1.44. The molecule has 0 saturated heterocycles. The predicted molar refractivity (Wildman–Crippen MR) is 71.6 cm³/mol. The van der Waals surface area contributed by atoms with Crippen LogP contribution in [-0.2, 0) is 7.05 Å². The van der Waals surface area contributed by atoms with E-state index in [1.54, 1.807) is 27.0 Å². The third kappa shape index (κ3) is 2.16. The topological polar surface area (TPSA) is 42.7 Å². The summed E-state index contributed by atoms with van der Waals surface area (Å²) in [6.45, 7) is 7.00. The summed E-state index contributed by atoms with van der Waals surface area (Å²) < 4.78 is 28.3. The fourth-order valence-electron chi connectivity index (χ4n) is 2.11. The molecular weight excluding hydrogens is 251 g/mol. The van der Waals surface area contributed by atoms with Gasteiger partial charge in [-0.2, -0.15) is 0 Å². The van der Waals surface area contributed by atoms with Crippen LogP contribution in [0.1, 0.15) is 17.0 Å². The first-order valence-corrected chi connectivity index (χ1v) is 5.75. The quantitative estimate of drug-likeness (QED) is 0.771. The van der Waals surface area contributed by atoms with Gasteiger partial charge in [0.05, 0.1) is 0 Å². The van der Waals surface area contributed by atoms with Gasteiger partial charge in [0.25, 0.3) is 5.56 Å². The van der Waals surface area contributed by atoms with Crippen molar-refractivity contribution in [2.75, 3.05) is 0 Å². The van der Waals surface area contributed by atoms with E-state index in [1.165, 1.54) is 10.6 Å². The molecule has 0 bridgehead atoms. The van der Waals surface area contributed by atoms with Gasteiger partial charge in [-0.05, 0) is 31.6 Å². The van der Waals surface area contributed by atoms with Crippen LogP contribution in [0, 0.1) is 13.8 Å². The molecule has 2 aromatic rings. The average Bonchev–Trinajstić information content (AvgIpc) is 2.72. The van der Waals surface area contributed by atoms with Crippen LogP contribution in [-0.4, -0.2) is 21.4 Å². The van der Waals surface area contributed by atoms with Crippen molar-refractivity contribution in [3.63, 3.8) is 0 Å². The second-order valence-corrected chi connectivity index (χ2v) is 4.50. The van der Waals surface area contributed by atoms with Gasteiger partial charge in [0, 0.05) is 18.4 Å². The lowest BCUT2D eigenvalue weighted by Gasteiger charge is -2.04. The molecule has 4 nitrogen and oxygen atoms in total. The fraction of sp³-hybridized carbons (Fsp3) is 0.250. The van der Waals surface area contributed by atoms with Crippen molar-refractivity contribution in [1.29, 1.82) is 0 Å². The van der Waals surface area contributed by atoms with Crippen LogP contribution in [0.5, 0.6) is 0 Å². The van der Waals surface area contributed by atoms with E-state index in [1.807, 2.05) is 0 Å². The van der Waals surface area contributed by atoms with Gasteiger partial charge in [0.2, 0.25) is 0 Å². The van der Waals surface area contributed by atoms with Crippen molar-refractivity contribution in [2.45, 2.75) is 13.8 Å². The molecule has 0 radical (unpaired) electrons. The molecule has 2 heterocycles. The number of aromatic nitrogens is 3. The summed E-state index contributed by atoms with van der Waals surface area (Å²) in [5.74, 6) is 0. The van der Waals surface area contributed by atoms with Crippen LogP contribution in [0.15, 0.2) is 10.9 Å². The Labute approximate surface area is 108 Å². The lowest BCUT2D eigenvalue weighted by molar-refractivity contribution is 0.624. The number of H-pyrrole nitrogens is 1. The lowest BCUT2D eigenvalue weighted by atomic mass is 10.2. The molecule has 0 unspecified atom stereocenters. The second-order valence-electron chi connectivity index (χ2n) is 4.50. The average molecular weight is 265 g/mol. The molecule has 100 valence electrons. The van der Waals surface area contributed by atoms with Gasteiger partial charge in [0.15, 0.2) is 0 Å². The Morgan fingerprint density at radius 1 is 1.42 bits per heavy atom. The zero-order valence-corrected chi connectivity index (χ0v) is 11.0. The van der Waals surface area contributed by atoms with Gasteiger partial charge in [-0.3, -0.25) is 18.0 Å². The van der Waals surface area contributed by atoms with Crippen molar-refractivity contribution in [3.8, 4) is 0 Å². The Bertz CT molecular complexity index is 785. The highest BCUT2D eigenvalue weighted by molar-refractivity contribution is 6.41. The van der Waals surface area contributed by atoms with Crippen molar-refractivity contribution in [1.82, 2.24) is 14.0 Å². The molecule has 0 aliphatic rings. The zero-order chi connectivity index (χ0) is 14.3. The van der Waals surface area contributed by atoms with Crippen molar-refractivity contribution in [2.24, 2.45) is 7.05 Å². The van der Waals surface area contributed by atoms with E-state index in [9.17, 15) is 13.4 Å². The van der Waals surface area contributed by atoms with E-state index >= 15 is 0 Å². The predicted octanol–water partition coefficient (Wildman–Crippen LogP) is 0.143. The molecular formula is C12H14BF2N3O. The van der Waals surface area contributed by atoms with Gasteiger partial charge in [-0.15, -0.1) is 0 Å². The van der Waals surface area contributed by atoms with E-state index in [2.05, 4.69) is 11.6 Å². The molecule has 0 amide bonds. The second kappa shape index (κ2) is 4.57. The first-order chi connectivity index (χ1) is 8.82. The van der Waals surface area contributed by atoms with E-state index in [4.69, 9.17) is 0 Å². The van der Waals surface area contributed by atoms with E-state index in [-0.39, 0.29) is 10.9 Å². The summed E-state index contributed by atoms with van der Waals surface area (Å²) in [4.78, 5) is 14.6. The van der Waals surface area contributed by atoms with E-state index in [0.717, 1.165) is 4.48 Å². The highest BCUT2D eigenvalue weighted by Gasteiger charge is 2.22. The summed E-state index contributed by atoms with van der Waals surface area (Å²) >= 11 is 0. The number of halogens is 2. The number of rotatable bonds is 2. The Morgan fingerprint density at radius 2 is 2.05 bits per heavy atom. The lowest BCUT2D eigenvalue weighted by Crippen LogP contribution is -2.29. The van der Waals surface area contributed by atoms with Gasteiger partial charge in [-0.1, -0.05) is 6.58 Å². The fourth-order valence-corrected chi connectivity index (χ4v) is 2.11. The maximum Gasteiger partial charge on any atom is 0.677 e. The first-order valence-electron chi connectivity index (χ1n) is 5.75. The highest BCUT2D eigenvalue weighted by Crippen LogP contribution is 2.17. The zero-order valence-electron chi connectivity index (χ0n) is 11.0. The van der Waals surface area contributed by atoms with Gasteiger partial charge >= 0.3 is 7.40 Å². The number of nitrogens with zero attached hydrogens (tertiary/aromatic N) is 2. The van der Waals surface area contributed by atoms with Crippen LogP contribution in [0.3, 0.4) is 0 Å².